The first-order valence-corrected chi connectivity index (χ1v) is 12.7. The molecule has 0 spiro atoms. The van der Waals surface area contributed by atoms with E-state index in [9.17, 15) is 17.6 Å². The van der Waals surface area contributed by atoms with Crippen molar-refractivity contribution >= 4 is 26.9 Å². The lowest BCUT2D eigenvalue weighted by atomic mass is 10.1. The van der Waals surface area contributed by atoms with Gasteiger partial charge in [-0.05, 0) is 55.3 Å². The predicted molar refractivity (Wildman–Crippen MR) is 129 cm³/mol. The molecule has 3 heterocycles. The third-order valence-electron chi connectivity index (χ3n) is 6.09. The molecule has 1 atom stereocenters. The topological polar surface area (TPSA) is 116 Å². The number of amides is 1. The van der Waals surface area contributed by atoms with Crippen molar-refractivity contribution in [3.05, 3.63) is 83.8 Å². The number of rotatable bonds is 6. The Hall–Kier alpha value is -4.07. The third kappa shape index (κ3) is 4.58. The van der Waals surface area contributed by atoms with E-state index >= 15 is 0 Å². The van der Waals surface area contributed by atoms with Gasteiger partial charge in [0.05, 0.1) is 29.6 Å². The van der Waals surface area contributed by atoms with E-state index in [1.165, 1.54) is 24.3 Å². The molecule has 0 unspecified atom stereocenters. The van der Waals surface area contributed by atoms with Gasteiger partial charge < -0.3 is 9.73 Å². The molecule has 0 saturated carbocycles. The second-order valence-corrected chi connectivity index (χ2v) is 10.3. The van der Waals surface area contributed by atoms with Crippen molar-refractivity contribution in [2.45, 2.75) is 30.5 Å². The number of carbonyl (C=O) groups excluding carboxylic acids is 1. The van der Waals surface area contributed by atoms with Crippen LogP contribution in [-0.2, 0) is 21.4 Å². The van der Waals surface area contributed by atoms with Crippen molar-refractivity contribution in [1.29, 1.82) is 5.26 Å². The Labute approximate surface area is 207 Å². The first-order chi connectivity index (χ1) is 17.3. The molecule has 2 aromatic heterocycles. The zero-order chi connectivity index (χ0) is 25.3. The van der Waals surface area contributed by atoms with Crippen LogP contribution < -0.4 is 5.32 Å². The highest BCUT2D eigenvalue weighted by molar-refractivity contribution is 7.89. The summed E-state index contributed by atoms with van der Waals surface area (Å²) >= 11 is 0. The lowest BCUT2D eigenvalue weighted by molar-refractivity contribution is -0.124. The normalized spacial score (nSPS) is 16.2. The monoisotopic (exact) mass is 504 g/mol. The van der Waals surface area contributed by atoms with Gasteiger partial charge in [0, 0.05) is 23.6 Å². The molecule has 1 N–H and O–H groups in total. The summed E-state index contributed by atoms with van der Waals surface area (Å²) in [6.45, 7) is 0.301. The fraction of sp³-hybridized carbons (Fsp3) is 0.192. The van der Waals surface area contributed by atoms with Crippen LogP contribution >= 0.6 is 0 Å². The molecule has 4 aromatic rings. The Bertz CT molecular complexity index is 1590. The summed E-state index contributed by atoms with van der Waals surface area (Å²) in [5.41, 5.74) is 2.94. The second-order valence-electron chi connectivity index (χ2n) is 8.44. The van der Waals surface area contributed by atoms with Gasteiger partial charge in [-0.15, -0.1) is 0 Å². The number of halogens is 1. The SMILES string of the molecule is N#Cc1ccc(-c2cccc(CNC(=O)[C@@H]3CCCN3S(=O)(=O)c3cc4cc(F)ccc4o3)n2)cc1. The molecule has 0 aliphatic carbocycles. The number of nitrogens with zero attached hydrogens (tertiary/aromatic N) is 3. The van der Waals surface area contributed by atoms with Crippen molar-refractivity contribution in [3.63, 3.8) is 0 Å². The molecule has 1 aliphatic rings. The van der Waals surface area contributed by atoms with Crippen molar-refractivity contribution in [1.82, 2.24) is 14.6 Å². The molecule has 182 valence electrons. The summed E-state index contributed by atoms with van der Waals surface area (Å²) < 4.78 is 46.6. The second kappa shape index (κ2) is 9.53. The van der Waals surface area contributed by atoms with E-state index in [1.54, 1.807) is 30.3 Å². The van der Waals surface area contributed by atoms with Crippen molar-refractivity contribution in [3.8, 4) is 17.3 Å². The summed E-state index contributed by atoms with van der Waals surface area (Å²) in [6.07, 6.45) is 0.900. The average Bonchev–Trinajstić information content (AvgIpc) is 3.56. The van der Waals surface area contributed by atoms with Crippen molar-refractivity contribution in [2.75, 3.05) is 6.54 Å². The number of furan rings is 1. The van der Waals surface area contributed by atoms with Crippen molar-refractivity contribution in [2.24, 2.45) is 0 Å². The van der Waals surface area contributed by atoms with Gasteiger partial charge in [-0.3, -0.25) is 9.78 Å². The molecule has 2 aromatic carbocycles. The number of nitriles is 1. The molecule has 8 nitrogen and oxygen atoms in total. The number of hydrogen-bond acceptors (Lipinski definition) is 6. The van der Waals surface area contributed by atoms with Gasteiger partial charge in [0.2, 0.25) is 11.0 Å². The van der Waals surface area contributed by atoms with Gasteiger partial charge in [-0.1, -0.05) is 18.2 Å². The largest absolute Gasteiger partial charge is 0.443 e. The standard InChI is InChI=1S/C26H21FN4O4S/c27-20-10-11-24-19(13-20)14-25(35-24)36(33,34)31-12-2-5-23(31)26(32)29-16-21-3-1-4-22(30-21)18-8-6-17(15-28)7-9-18/h1,3-4,6-11,13-14,23H,2,5,12,16H2,(H,29,32)/t23-/m0/s1. The van der Waals surface area contributed by atoms with Gasteiger partial charge in [-0.25, -0.2) is 12.8 Å². The predicted octanol–water partition coefficient (Wildman–Crippen LogP) is 3.98. The molecule has 1 saturated heterocycles. The molecule has 1 aliphatic heterocycles. The van der Waals surface area contributed by atoms with Gasteiger partial charge in [0.1, 0.15) is 17.4 Å². The van der Waals surface area contributed by atoms with Gasteiger partial charge in [0.15, 0.2) is 0 Å². The highest BCUT2D eigenvalue weighted by Crippen LogP contribution is 2.30. The number of benzene rings is 2. The van der Waals surface area contributed by atoms with Gasteiger partial charge in [0.25, 0.3) is 10.0 Å². The Kier molecular flexibility index (Phi) is 6.26. The first kappa shape index (κ1) is 23.7. The highest BCUT2D eigenvalue weighted by Gasteiger charge is 2.41. The number of hydrogen-bond donors (Lipinski definition) is 1. The number of nitrogens with one attached hydrogen (secondary N) is 1. The Morgan fingerprint density at radius 2 is 1.97 bits per heavy atom. The number of aromatic nitrogens is 1. The summed E-state index contributed by atoms with van der Waals surface area (Å²) in [5.74, 6) is -0.925. The number of carbonyl (C=O) groups is 1. The first-order valence-electron chi connectivity index (χ1n) is 11.3. The fourth-order valence-electron chi connectivity index (χ4n) is 4.27. The van der Waals surface area contributed by atoms with E-state index in [1.807, 2.05) is 12.1 Å². The summed E-state index contributed by atoms with van der Waals surface area (Å²) in [6, 6.07) is 18.7. The number of sulfonamides is 1. The molecule has 36 heavy (non-hydrogen) atoms. The average molecular weight is 505 g/mol. The number of fused-ring (bicyclic) bond motifs is 1. The quantitative estimate of drug-likeness (QED) is 0.425. The Balaban J connectivity index is 1.30. The van der Waals surface area contributed by atoms with E-state index in [4.69, 9.17) is 9.68 Å². The minimum absolute atomic E-state index is 0.122. The summed E-state index contributed by atoms with van der Waals surface area (Å²) in [4.78, 5) is 17.6. The van der Waals surface area contributed by atoms with Crippen LogP contribution in [0.2, 0.25) is 0 Å². The Morgan fingerprint density at radius 3 is 2.75 bits per heavy atom. The molecule has 5 rings (SSSR count). The van der Waals surface area contributed by atoms with Gasteiger partial charge >= 0.3 is 0 Å². The maximum Gasteiger partial charge on any atom is 0.277 e. The van der Waals surface area contributed by atoms with Crippen molar-refractivity contribution < 1.29 is 22.0 Å². The van der Waals surface area contributed by atoms with Crippen LogP contribution in [0.25, 0.3) is 22.2 Å². The molecule has 10 heteroatoms. The lowest BCUT2D eigenvalue weighted by Crippen LogP contribution is -2.45. The summed E-state index contributed by atoms with van der Waals surface area (Å²) in [7, 11) is -4.09. The van der Waals surface area contributed by atoms with E-state index in [2.05, 4.69) is 16.4 Å². The number of pyridine rings is 1. The van der Waals surface area contributed by atoms with Crippen LogP contribution in [0.3, 0.4) is 0 Å². The van der Waals surface area contributed by atoms with Crippen LogP contribution in [-0.4, -0.2) is 36.2 Å². The molecular weight excluding hydrogens is 483 g/mol. The van der Waals surface area contributed by atoms with Crippen LogP contribution in [0, 0.1) is 17.1 Å². The van der Waals surface area contributed by atoms with E-state index in [-0.39, 0.29) is 23.8 Å². The van der Waals surface area contributed by atoms with Crippen LogP contribution in [0.5, 0.6) is 0 Å². The smallest absolute Gasteiger partial charge is 0.277 e. The van der Waals surface area contributed by atoms with E-state index < -0.39 is 27.8 Å². The maximum atomic E-state index is 13.5. The molecule has 1 fully saturated rings. The van der Waals surface area contributed by atoms with E-state index in [0.29, 0.717) is 35.2 Å². The summed E-state index contributed by atoms with van der Waals surface area (Å²) in [5, 5.41) is 11.8. The van der Waals surface area contributed by atoms with Crippen LogP contribution in [0.15, 0.2) is 76.2 Å². The minimum atomic E-state index is -4.09. The van der Waals surface area contributed by atoms with Gasteiger partial charge in [-0.2, -0.15) is 9.57 Å². The van der Waals surface area contributed by atoms with E-state index in [0.717, 1.165) is 9.87 Å². The zero-order valence-electron chi connectivity index (χ0n) is 19.0. The third-order valence-corrected chi connectivity index (χ3v) is 7.85. The van der Waals surface area contributed by atoms with Crippen LogP contribution in [0.1, 0.15) is 24.1 Å². The Morgan fingerprint density at radius 1 is 1.17 bits per heavy atom. The molecule has 0 radical (unpaired) electrons. The molecule has 1 amide bonds. The molecule has 0 bridgehead atoms. The maximum absolute atomic E-state index is 13.5. The lowest BCUT2D eigenvalue weighted by Gasteiger charge is -2.22. The molecular formula is C26H21FN4O4S. The zero-order valence-corrected chi connectivity index (χ0v) is 19.8. The fourth-order valence-corrected chi connectivity index (χ4v) is 5.88. The van der Waals surface area contributed by atoms with Crippen LogP contribution in [0.4, 0.5) is 4.39 Å². The highest BCUT2D eigenvalue weighted by atomic mass is 32.2. The minimum Gasteiger partial charge on any atom is -0.443 e.